The summed E-state index contributed by atoms with van der Waals surface area (Å²) in [5.74, 6) is -0.411. The summed E-state index contributed by atoms with van der Waals surface area (Å²) in [6.45, 7) is 3.77. The van der Waals surface area contributed by atoms with E-state index in [4.69, 9.17) is 0 Å². The highest BCUT2D eigenvalue weighted by Crippen LogP contribution is 2.13. The summed E-state index contributed by atoms with van der Waals surface area (Å²) in [6, 6.07) is 12.2. The molecule has 92 valence electrons. The van der Waals surface area contributed by atoms with Crippen LogP contribution < -0.4 is 0 Å². The smallest absolute Gasteiger partial charge is 0.167 e. The predicted octanol–water partition coefficient (Wildman–Crippen LogP) is 3.87. The summed E-state index contributed by atoms with van der Waals surface area (Å²) < 4.78 is 13.2. The number of benzene rings is 2. The Bertz CT molecular complexity index is 567. The number of hydrogen-bond donors (Lipinski definition) is 0. The molecule has 0 unspecified atom stereocenters. The number of hydrogen-bond acceptors (Lipinski definition) is 1. The summed E-state index contributed by atoms with van der Waals surface area (Å²) in [7, 11) is 0. The van der Waals surface area contributed by atoms with Crippen LogP contribution in [-0.2, 0) is 6.42 Å². The van der Waals surface area contributed by atoms with Crippen LogP contribution in [0.5, 0.6) is 0 Å². The topological polar surface area (TPSA) is 17.1 Å². The van der Waals surface area contributed by atoms with E-state index in [0.717, 1.165) is 16.7 Å². The van der Waals surface area contributed by atoms with Crippen LogP contribution in [0.2, 0.25) is 0 Å². The molecule has 2 heteroatoms. The van der Waals surface area contributed by atoms with Gasteiger partial charge in [-0.15, -0.1) is 0 Å². The molecule has 2 aromatic carbocycles. The zero-order chi connectivity index (χ0) is 13.1. The van der Waals surface area contributed by atoms with Gasteiger partial charge in [0, 0.05) is 12.0 Å². The Morgan fingerprint density at radius 3 is 2.50 bits per heavy atom. The maximum Gasteiger partial charge on any atom is 0.167 e. The molecule has 0 aliphatic carbocycles. The first kappa shape index (κ1) is 12.5. The molecule has 0 aromatic heterocycles. The van der Waals surface area contributed by atoms with Crippen molar-refractivity contribution in [2.24, 2.45) is 0 Å². The third-order valence-corrected chi connectivity index (χ3v) is 2.81. The van der Waals surface area contributed by atoms with Crippen LogP contribution in [0.15, 0.2) is 42.5 Å². The van der Waals surface area contributed by atoms with E-state index < -0.39 is 0 Å². The van der Waals surface area contributed by atoms with Crippen LogP contribution in [0.4, 0.5) is 4.39 Å². The van der Waals surface area contributed by atoms with Crippen molar-refractivity contribution < 1.29 is 9.18 Å². The second-order valence-electron chi connectivity index (χ2n) is 4.61. The molecule has 0 spiro atoms. The Morgan fingerprint density at radius 1 is 1.06 bits per heavy atom. The van der Waals surface area contributed by atoms with E-state index in [-0.39, 0.29) is 11.6 Å². The van der Waals surface area contributed by atoms with E-state index >= 15 is 0 Å². The largest absolute Gasteiger partial charge is 0.294 e. The predicted molar refractivity (Wildman–Crippen MR) is 70.4 cm³/mol. The maximum atomic E-state index is 13.2. The molecule has 0 aliphatic heterocycles. The van der Waals surface area contributed by atoms with Gasteiger partial charge in [-0.2, -0.15) is 0 Å². The third-order valence-electron chi connectivity index (χ3n) is 2.81. The molecule has 18 heavy (non-hydrogen) atoms. The molecule has 0 amide bonds. The SMILES string of the molecule is Cc1cccc(CC(=O)c2cc(C)cc(F)c2)c1. The highest BCUT2D eigenvalue weighted by Gasteiger charge is 2.09. The van der Waals surface area contributed by atoms with Gasteiger partial charge in [-0.05, 0) is 43.2 Å². The van der Waals surface area contributed by atoms with Gasteiger partial charge in [0.25, 0.3) is 0 Å². The fraction of sp³-hybridized carbons (Fsp3) is 0.188. The quantitative estimate of drug-likeness (QED) is 0.747. The Balaban J connectivity index is 2.22. The van der Waals surface area contributed by atoms with Gasteiger partial charge in [0.1, 0.15) is 5.82 Å². The number of Topliss-reactive ketones (excluding diaryl/α,β-unsaturated/α-hetero) is 1. The molecule has 0 N–H and O–H groups in total. The van der Waals surface area contributed by atoms with E-state index in [1.807, 2.05) is 31.2 Å². The van der Waals surface area contributed by atoms with Crippen LogP contribution in [0.1, 0.15) is 27.0 Å². The van der Waals surface area contributed by atoms with Crippen LogP contribution in [0.3, 0.4) is 0 Å². The number of carbonyl (C=O) groups excluding carboxylic acids is 1. The van der Waals surface area contributed by atoms with Gasteiger partial charge in [0.15, 0.2) is 5.78 Å². The summed E-state index contributed by atoms with van der Waals surface area (Å²) in [5, 5.41) is 0. The van der Waals surface area contributed by atoms with Crippen molar-refractivity contribution in [1.82, 2.24) is 0 Å². The van der Waals surface area contributed by atoms with Crippen molar-refractivity contribution in [2.45, 2.75) is 20.3 Å². The lowest BCUT2D eigenvalue weighted by Gasteiger charge is -2.04. The van der Waals surface area contributed by atoms with Crippen molar-refractivity contribution in [3.05, 3.63) is 70.5 Å². The number of rotatable bonds is 3. The van der Waals surface area contributed by atoms with E-state index in [2.05, 4.69) is 0 Å². The van der Waals surface area contributed by atoms with Crippen molar-refractivity contribution in [3.8, 4) is 0 Å². The van der Waals surface area contributed by atoms with Crippen LogP contribution in [-0.4, -0.2) is 5.78 Å². The molecule has 1 nitrogen and oxygen atoms in total. The normalized spacial score (nSPS) is 10.4. The Morgan fingerprint density at radius 2 is 1.83 bits per heavy atom. The van der Waals surface area contributed by atoms with Gasteiger partial charge in [-0.1, -0.05) is 29.8 Å². The second kappa shape index (κ2) is 5.13. The van der Waals surface area contributed by atoms with Crippen molar-refractivity contribution in [1.29, 1.82) is 0 Å². The highest BCUT2D eigenvalue weighted by molar-refractivity contribution is 5.97. The molecule has 0 saturated carbocycles. The molecule has 0 saturated heterocycles. The van der Waals surface area contributed by atoms with Crippen LogP contribution >= 0.6 is 0 Å². The van der Waals surface area contributed by atoms with Gasteiger partial charge in [-0.3, -0.25) is 4.79 Å². The minimum absolute atomic E-state index is 0.0526. The van der Waals surface area contributed by atoms with Crippen LogP contribution in [0, 0.1) is 19.7 Å². The Kier molecular flexibility index (Phi) is 3.56. The monoisotopic (exact) mass is 242 g/mol. The number of ketones is 1. The average Bonchev–Trinajstić information content (AvgIpc) is 2.27. The van der Waals surface area contributed by atoms with Gasteiger partial charge >= 0.3 is 0 Å². The first-order valence-corrected chi connectivity index (χ1v) is 5.90. The average molecular weight is 242 g/mol. The molecular weight excluding hydrogens is 227 g/mol. The molecule has 0 aliphatic rings. The fourth-order valence-corrected chi connectivity index (χ4v) is 2.01. The minimum Gasteiger partial charge on any atom is -0.294 e. The summed E-state index contributed by atoms with van der Waals surface area (Å²) in [6.07, 6.45) is 0.310. The maximum absolute atomic E-state index is 13.2. The minimum atomic E-state index is -0.359. The molecular formula is C16H15FO. The van der Waals surface area contributed by atoms with Crippen molar-refractivity contribution in [3.63, 3.8) is 0 Å². The first-order valence-electron chi connectivity index (χ1n) is 5.90. The molecule has 0 fully saturated rings. The summed E-state index contributed by atoms with van der Waals surface area (Å²) in [5.41, 5.74) is 3.29. The van der Waals surface area contributed by atoms with Gasteiger partial charge in [0.2, 0.25) is 0 Å². The van der Waals surface area contributed by atoms with E-state index in [9.17, 15) is 9.18 Å². The molecule has 2 rings (SSSR count). The molecule has 0 radical (unpaired) electrons. The van der Waals surface area contributed by atoms with Gasteiger partial charge in [-0.25, -0.2) is 4.39 Å². The Labute approximate surface area is 106 Å². The molecule has 0 atom stereocenters. The first-order chi connectivity index (χ1) is 8.54. The number of aryl methyl sites for hydroxylation is 2. The molecule has 2 aromatic rings. The Hall–Kier alpha value is -1.96. The zero-order valence-electron chi connectivity index (χ0n) is 10.5. The van der Waals surface area contributed by atoms with Gasteiger partial charge in [0.05, 0.1) is 0 Å². The lowest BCUT2D eigenvalue weighted by atomic mass is 10.0. The van der Waals surface area contributed by atoms with E-state index in [0.29, 0.717) is 12.0 Å². The number of halogens is 1. The summed E-state index contributed by atoms with van der Waals surface area (Å²) >= 11 is 0. The second-order valence-corrected chi connectivity index (χ2v) is 4.61. The lowest BCUT2D eigenvalue weighted by Crippen LogP contribution is -2.04. The summed E-state index contributed by atoms with van der Waals surface area (Å²) in [4.78, 5) is 12.1. The molecule has 0 bridgehead atoms. The highest BCUT2D eigenvalue weighted by atomic mass is 19.1. The van der Waals surface area contributed by atoms with Crippen molar-refractivity contribution >= 4 is 5.78 Å². The fourth-order valence-electron chi connectivity index (χ4n) is 2.01. The zero-order valence-corrected chi connectivity index (χ0v) is 10.5. The third kappa shape index (κ3) is 3.04. The molecule has 0 heterocycles. The van der Waals surface area contributed by atoms with E-state index in [1.54, 1.807) is 13.0 Å². The van der Waals surface area contributed by atoms with Gasteiger partial charge < -0.3 is 0 Å². The lowest BCUT2D eigenvalue weighted by molar-refractivity contribution is 0.0992. The standard InChI is InChI=1S/C16H15FO/c1-11-4-3-5-13(6-11)9-16(18)14-7-12(2)8-15(17)10-14/h3-8,10H,9H2,1-2H3. The van der Waals surface area contributed by atoms with E-state index in [1.165, 1.54) is 12.1 Å². The van der Waals surface area contributed by atoms with Crippen LogP contribution in [0.25, 0.3) is 0 Å². The number of carbonyl (C=O) groups is 1. The van der Waals surface area contributed by atoms with Crippen molar-refractivity contribution in [2.75, 3.05) is 0 Å².